The number of nitrogens with one attached hydrogen (secondary N) is 1. The second-order valence-electron chi connectivity index (χ2n) is 3.12. The summed E-state index contributed by atoms with van der Waals surface area (Å²) in [6.45, 7) is 4.25. The number of carbonyl (C=O) groups excluding carboxylic acids is 1. The van der Waals surface area contributed by atoms with Gasteiger partial charge >= 0.3 is 6.09 Å². The van der Waals surface area contributed by atoms with Crippen LogP contribution in [-0.2, 0) is 4.84 Å². The number of hydrogen-bond donors (Lipinski definition) is 1. The van der Waals surface area contributed by atoms with Gasteiger partial charge in [0.1, 0.15) is 0 Å². The fourth-order valence-electron chi connectivity index (χ4n) is 1.03. The van der Waals surface area contributed by atoms with E-state index in [1.807, 2.05) is 23.5 Å². The molecule has 0 aliphatic carbocycles. The number of carbonyl (C=O) groups is 1. The van der Waals surface area contributed by atoms with Crippen molar-refractivity contribution in [2.45, 2.75) is 23.2 Å². The molecule has 1 heterocycles. The molecule has 4 nitrogen and oxygen atoms in total. The number of rotatable bonds is 2. The Morgan fingerprint density at radius 3 is 3.00 bits per heavy atom. The van der Waals surface area contributed by atoms with Crippen LogP contribution >= 0.6 is 23.5 Å². The molecule has 6 heteroatoms. The number of nitrogens with zero attached hydrogens (tertiary/aromatic N) is 1. The fraction of sp³-hybridized carbons (Fsp3) is 0.750. The molecule has 0 bridgehead atoms. The van der Waals surface area contributed by atoms with Crippen LogP contribution in [0.2, 0.25) is 0 Å². The summed E-state index contributed by atoms with van der Waals surface area (Å²) in [5.41, 5.74) is 0. The smallest absolute Gasteiger partial charge is 0.323 e. The minimum Gasteiger partial charge on any atom is -0.323 e. The van der Waals surface area contributed by atoms with Gasteiger partial charge in [-0.15, -0.1) is 23.5 Å². The highest BCUT2D eigenvalue weighted by atomic mass is 32.2. The minimum atomic E-state index is -0.536. The van der Waals surface area contributed by atoms with Crippen LogP contribution in [0.1, 0.15) is 13.8 Å². The lowest BCUT2D eigenvalue weighted by Crippen LogP contribution is -2.19. The molecule has 80 valence electrons. The summed E-state index contributed by atoms with van der Waals surface area (Å²) in [7, 11) is 1.50. The SMILES string of the molecule is CNC(=O)ON=CC1(C)SCC(C)S1. The van der Waals surface area contributed by atoms with Crippen LogP contribution in [0, 0.1) is 0 Å². The van der Waals surface area contributed by atoms with Crippen molar-refractivity contribution < 1.29 is 9.63 Å². The van der Waals surface area contributed by atoms with Gasteiger partial charge in [0, 0.05) is 18.1 Å². The molecule has 1 rings (SSSR count). The van der Waals surface area contributed by atoms with Crippen LogP contribution in [0.15, 0.2) is 5.16 Å². The van der Waals surface area contributed by atoms with E-state index in [1.54, 1.807) is 6.21 Å². The van der Waals surface area contributed by atoms with Crippen molar-refractivity contribution >= 4 is 35.8 Å². The molecule has 0 aromatic rings. The van der Waals surface area contributed by atoms with E-state index >= 15 is 0 Å². The van der Waals surface area contributed by atoms with Crippen LogP contribution < -0.4 is 5.32 Å². The average Bonchev–Trinajstić information content (AvgIpc) is 2.46. The molecule has 2 unspecified atom stereocenters. The molecular weight excluding hydrogens is 220 g/mol. The molecule has 0 aromatic carbocycles. The van der Waals surface area contributed by atoms with Gasteiger partial charge in [-0.25, -0.2) is 4.79 Å². The monoisotopic (exact) mass is 234 g/mol. The maximum absolute atomic E-state index is 10.7. The maximum atomic E-state index is 10.7. The van der Waals surface area contributed by atoms with Gasteiger partial charge in [-0.05, 0) is 6.92 Å². The zero-order valence-electron chi connectivity index (χ0n) is 8.44. The lowest BCUT2D eigenvalue weighted by molar-refractivity contribution is 0.153. The van der Waals surface area contributed by atoms with Gasteiger partial charge in [0.15, 0.2) is 0 Å². The normalized spacial score (nSPS) is 32.1. The summed E-state index contributed by atoms with van der Waals surface area (Å²) in [5, 5.41) is 6.60. The molecule has 1 saturated heterocycles. The fourth-order valence-corrected chi connectivity index (χ4v) is 4.07. The van der Waals surface area contributed by atoms with Crippen molar-refractivity contribution in [3.05, 3.63) is 0 Å². The second-order valence-corrected chi connectivity index (χ2v) is 6.74. The van der Waals surface area contributed by atoms with Gasteiger partial charge in [0.2, 0.25) is 0 Å². The Bertz CT molecular complexity index is 247. The second kappa shape index (κ2) is 4.93. The molecule has 0 aromatic heterocycles. The van der Waals surface area contributed by atoms with Gasteiger partial charge in [0.25, 0.3) is 0 Å². The van der Waals surface area contributed by atoms with Crippen molar-refractivity contribution in [3.8, 4) is 0 Å². The predicted molar refractivity (Wildman–Crippen MR) is 61.9 cm³/mol. The van der Waals surface area contributed by atoms with Crippen LogP contribution in [0.3, 0.4) is 0 Å². The molecule has 2 atom stereocenters. The van der Waals surface area contributed by atoms with E-state index in [1.165, 1.54) is 7.05 Å². The van der Waals surface area contributed by atoms with E-state index in [4.69, 9.17) is 0 Å². The van der Waals surface area contributed by atoms with E-state index < -0.39 is 6.09 Å². The van der Waals surface area contributed by atoms with E-state index in [0.29, 0.717) is 5.25 Å². The number of hydrogen-bond acceptors (Lipinski definition) is 5. The summed E-state index contributed by atoms with van der Waals surface area (Å²) in [6, 6.07) is 0. The first-order chi connectivity index (χ1) is 6.56. The van der Waals surface area contributed by atoms with Gasteiger partial charge in [-0.3, -0.25) is 4.84 Å². The Hall–Kier alpha value is -0.360. The van der Waals surface area contributed by atoms with Crippen LogP contribution in [0.5, 0.6) is 0 Å². The van der Waals surface area contributed by atoms with Gasteiger partial charge in [0.05, 0.1) is 10.3 Å². The summed E-state index contributed by atoms with van der Waals surface area (Å²) >= 11 is 3.64. The minimum absolute atomic E-state index is 0.0621. The highest BCUT2D eigenvalue weighted by molar-refractivity contribution is 8.22. The zero-order chi connectivity index (χ0) is 10.6. The lowest BCUT2D eigenvalue weighted by atomic mass is 10.5. The van der Waals surface area contributed by atoms with Crippen molar-refractivity contribution in [2.75, 3.05) is 12.8 Å². The Morgan fingerprint density at radius 1 is 1.79 bits per heavy atom. The Labute approximate surface area is 92.2 Å². The Balaban J connectivity index is 2.39. The van der Waals surface area contributed by atoms with Crippen molar-refractivity contribution in [1.29, 1.82) is 0 Å². The molecular formula is C8H14N2O2S2. The molecule has 0 radical (unpaired) electrons. The highest BCUT2D eigenvalue weighted by Crippen LogP contribution is 2.46. The van der Waals surface area contributed by atoms with Gasteiger partial charge < -0.3 is 5.32 Å². The van der Waals surface area contributed by atoms with E-state index in [9.17, 15) is 4.79 Å². The third-order valence-electron chi connectivity index (χ3n) is 1.67. The van der Waals surface area contributed by atoms with E-state index in [2.05, 4.69) is 29.2 Å². The first-order valence-corrected chi connectivity index (χ1v) is 6.17. The topological polar surface area (TPSA) is 50.7 Å². The van der Waals surface area contributed by atoms with E-state index in [0.717, 1.165) is 5.75 Å². The van der Waals surface area contributed by atoms with Crippen LogP contribution in [0.25, 0.3) is 0 Å². The van der Waals surface area contributed by atoms with Crippen LogP contribution in [-0.4, -0.2) is 34.4 Å². The zero-order valence-corrected chi connectivity index (χ0v) is 10.1. The van der Waals surface area contributed by atoms with E-state index in [-0.39, 0.29) is 4.08 Å². The molecule has 0 spiro atoms. The highest BCUT2D eigenvalue weighted by Gasteiger charge is 2.33. The first-order valence-electron chi connectivity index (χ1n) is 4.31. The van der Waals surface area contributed by atoms with Crippen molar-refractivity contribution in [3.63, 3.8) is 0 Å². The number of thioether (sulfide) groups is 2. The quantitative estimate of drug-likeness (QED) is 0.450. The lowest BCUT2D eigenvalue weighted by Gasteiger charge is -2.14. The number of amides is 1. The molecule has 1 aliphatic heterocycles. The third-order valence-corrected chi connectivity index (χ3v) is 5.01. The average molecular weight is 234 g/mol. The molecule has 0 saturated carbocycles. The molecule has 1 fully saturated rings. The summed E-state index contributed by atoms with van der Waals surface area (Å²) < 4.78 is -0.0621. The first kappa shape index (κ1) is 11.7. The molecule has 1 amide bonds. The van der Waals surface area contributed by atoms with Crippen molar-refractivity contribution in [1.82, 2.24) is 5.32 Å². The summed E-state index contributed by atoms with van der Waals surface area (Å²) in [4.78, 5) is 15.2. The summed E-state index contributed by atoms with van der Waals surface area (Å²) in [5.74, 6) is 1.10. The maximum Gasteiger partial charge on any atom is 0.433 e. The van der Waals surface area contributed by atoms with Crippen molar-refractivity contribution in [2.24, 2.45) is 5.16 Å². The number of oxime groups is 1. The summed E-state index contributed by atoms with van der Waals surface area (Å²) in [6.07, 6.45) is 1.15. The molecule has 1 N–H and O–H groups in total. The van der Waals surface area contributed by atoms with Crippen LogP contribution in [0.4, 0.5) is 4.79 Å². The predicted octanol–water partition coefficient (Wildman–Crippen LogP) is 1.91. The Morgan fingerprint density at radius 2 is 2.50 bits per heavy atom. The van der Waals surface area contributed by atoms with Gasteiger partial charge in [-0.1, -0.05) is 12.1 Å². The standard InChI is InChI=1S/C8H14N2O2S2/c1-6-4-13-8(2,14-6)5-10-12-7(11)9-3/h5-6H,4H2,1-3H3,(H,9,11). The largest absolute Gasteiger partial charge is 0.433 e. The Kier molecular flexibility index (Phi) is 4.12. The van der Waals surface area contributed by atoms with Gasteiger partial charge in [-0.2, -0.15) is 0 Å². The molecule has 14 heavy (non-hydrogen) atoms. The molecule has 1 aliphatic rings. The third kappa shape index (κ3) is 3.42.